The molecule has 1 heterocycles. The Kier molecular flexibility index (Phi) is 7.93. The highest BCUT2D eigenvalue weighted by atomic mass is 32.2. The van der Waals surface area contributed by atoms with E-state index in [9.17, 15) is 18.0 Å². The molecule has 200 valence electrons. The lowest BCUT2D eigenvalue weighted by atomic mass is 10.3. The van der Waals surface area contributed by atoms with Crippen LogP contribution < -0.4 is 28.7 Å². The van der Waals surface area contributed by atoms with E-state index in [2.05, 4.69) is 5.32 Å². The van der Waals surface area contributed by atoms with Crippen molar-refractivity contribution in [1.29, 1.82) is 0 Å². The monoisotopic (exact) mass is 557 g/mol. The molecule has 1 amide bonds. The molecule has 4 aromatic rings. The molecular formula is C26H27N3O7S2. The highest BCUT2D eigenvalue weighted by molar-refractivity contribution is 7.92. The second-order valence-electron chi connectivity index (χ2n) is 8.11. The van der Waals surface area contributed by atoms with Gasteiger partial charge in [-0.15, -0.1) is 0 Å². The van der Waals surface area contributed by atoms with Crippen LogP contribution in [0.2, 0.25) is 0 Å². The third-order valence-electron chi connectivity index (χ3n) is 5.74. The first-order valence-corrected chi connectivity index (χ1v) is 13.8. The molecule has 0 saturated heterocycles. The van der Waals surface area contributed by atoms with Gasteiger partial charge in [0.15, 0.2) is 11.5 Å². The molecule has 12 heteroatoms. The predicted molar refractivity (Wildman–Crippen MR) is 147 cm³/mol. The number of sulfonamides is 1. The Labute approximate surface area is 224 Å². The van der Waals surface area contributed by atoms with Crippen molar-refractivity contribution in [1.82, 2.24) is 4.57 Å². The van der Waals surface area contributed by atoms with Crippen molar-refractivity contribution >= 4 is 48.9 Å². The zero-order chi connectivity index (χ0) is 27.4. The van der Waals surface area contributed by atoms with Crippen molar-refractivity contribution < 1.29 is 27.4 Å². The van der Waals surface area contributed by atoms with E-state index in [-0.39, 0.29) is 21.2 Å². The molecule has 0 fully saturated rings. The van der Waals surface area contributed by atoms with Gasteiger partial charge < -0.3 is 24.1 Å². The van der Waals surface area contributed by atoms with Crippen molar-refractivity contribution in [2.75, 3.05) is 37.0 Å². The molecule has 3 aromatic carbocycles. The molecular weight excluding hydrogens is 530 g/mol. The molecule has 0 unspecified atom stereocenters. The summed E-state index contributed by atoms with van der Waals surface area (Å²) in [5.41, 5.74) is 1.46. The number of ether oxygens (including phenoxy) is 3. The van der Waals surface area contributed by atoms with Crippen LogP contribution in [0.15, 0.2) is 70.4 Å². The molecule has 38 heavy (non-hydrogen) atoms. The molecule has 0 aliphatic heterocycles. The Morgan fingerprint density at radius 1 is 1.00 bits per heavy atom. The summed E-state index contributed by atoms with van der Waals surface area (Å²) in [5, 5.41) is 2.74. The number of carbonyl (C=O) groups excluding carboxylic acids is 1. The van der Waals surface area contributed by atoms with E-state index in [4.69, 9.17) is 14.2 Å². The van der Waals surface area contributed by atoms with Gasteiger partial charge in [0.05, 0.1) is 41.6 Å². The molecule has 0 spiro atoms. The van der Waals surface area contributed by atoms with Gasteiger partial charge in [0, 0.05) is 18.8 Å². The molecule has 10 nitrogen and oxygen atoms in total. The van der Waals surface area contributed by atoms with Gasteiger partial charge in [0.2, 0.25) is 5.91 Å². The Morgan fingerprint density at radius 2 is 1.71 bits per heavy atom. The Balaban J connectivity index is 1.68. The number of benzene rings is 3. The summed E-state index contributed by atoms with van der Waals surface area (Å²) in [7, 11) is 0.327. The number of hydrogen-bond donors (Lipinski definition) is 1. The number of methoxy groups -OCH3 is 2. The summed E-state index contributed by atoms with van der Waals surface area (Å²) in [6.07, 6.45) is 0. The van der Waals surface area contributed by atoms with E-state index >= 15 is 0 Å². The highest BCUT2D eigenvalue weighted by Crippen LogP contribution is 2.33. The number of aromatic nitrogens is 1. The minimum atomic E-state index is -4.21. The van der Waals surface area contributed by atoms with Crippen LogP contribution in [0, 0.1) is 0 Å². The summed E-state index contributed by atoms with van der Waals surface area (Å²) in [5.74, 6) is 0.611. The Bertz CT molecular complexity index is 1630. The summed E-state index contributed by atoms with van der Waals surface area (Å²) in [6.45, 7) is 1.79. The standard InChI is InChI=1S/C26H27N3O7S2/c1-5-36-19-9-7-18(8-10-19)29(38(32,33)20-11-13-22(34-3)23(15-20)35-4)16-25(30)27-17-6-12-21-24(14-17)37-26(31)28(21)2/h6-15H,5,16H2,1-4H3,(H,27,30). The van der Waals surface area contributed by atoms with Gasteiger partial charge in [-0.2, -0.15) is 0 Å². The second-order valence-corrected chi connectivity index (χ2v) is 11.0. The molecule has 0 radical (unpaired) electrons. The molecule has 0 atom stereocenters. The summed E-state index contributed by atoms with van der Waals surface area (Å²) in [4.78, 5) is 24.9. The Hall–Kier alpha value is -4.03. The maximum atomic E-state index is 13.8. The number of amides is 1. The third kappa shape index (κ3) is 5.46. The number of fused-ring (bicyclic) bond motifs is 1. The first kappa shape index (κ1) is 27.0. The summed E-state index contributed by atoms with van der Waals surface area (Å²) < 4.78 is 46.8. The third-order valence-corrected chi connectivity index (χ3v) is 8.51. The van der Waals surface area contributed by atoms with E-state index < -0.39 is 22.5 Å². The van der Waals surface area contributed by atoms with E-state index in [0.29, 0.717) is 28.5 Å². The van der Waals surface area contributed by atoms with Gasteiger partial charge >= 0.3 is 4.87 Å². The van der Waals surface area contributed by atoms with Crippen molar-refractivity contribution in [2.24, 2.45) is 7.05 Å². The van der Waals surface area contributed by atoms with Crippen LogP contribution in [-0.4, -0.2) is 46.3 Å². The zero-order valence-corrected chi connectivity index (χ0v) is 22.9. The molecule has 1 N–H and O–H groups in total. The van der Waals surface area contributed by atoms with Gasteiger partial charge in [-0.1, -0.05) is 11.3 Å². The first-order valence-electron chi connectivity index (χ1n) is 11.5. The SMILES string of the molecule is CCOc1ccc(N(CC(=O)Nc2ccc3c(c2)sc(=O)n3C)S(=O)(=O)c2ccc(OC)c(OC)c2)cc1. The fourth-order valence-corrected chi connectivity index (χ4v) is 6.19. The van der Waals surface area contributed by atoms with E-state index in [0.717, 1.165) is 21.2 Å². The lowest BCUT2D eigenvalue weighted by molar-refractivity contribution is -0.114. The van der Waals surface area contributed by atoms with Crippen molar-refractivity contribution in [2.45, 2.75) is 11.8 Å². The van der Waals surface area contributed by atoms with Crippen LogP contribution in [0.4, 0.5) is 11.4 Å². The van der Waals surface area contributed by atoms with Crippen LogP contribution >= 0.6 is 11.3 Å². The number of nitrogens with one attached hydrogen (secondary N) is 1. The van der Waals surface area contributed by atoms with Crippen LogP contribution in [0.25, 0.3) is 10.2 Å². The number of aryl methyl sites for hydroxylation is 1. The first-order chi connectivity index (χ1) is 18.2. The molecule has 1 aromatic heterocycles. The van der Waals surface area contributed by atoms with Crippen LogP contribution in [0.5, 0.6) is 17.2 Å². The quantitative estimate of drug-likeness (QED) is 0.315. The molecule has 0 bridgehead atoms. The lowest BCUT2D eigenvalue weighted by Gasteiger charge is -2.24. The molecule has 0 saturated carbocycles. The number of rotatable bonds is 10. The van der Waals surface area contributed by atoms with Crippen molar-refractivity contribution in [3.05, 3.63) is 70.3 Å². The molecule has 4 rings (SSSR count). The summed E-state index contributed by atoms with van der Waals surface area (Å²) >= 11 is 1.06. The number of thiazole rings is 1. The maximum absolute atomic E-state index is 13.8. The normalized spacial score (nSPS) is 11.3. The Morgan fingerprint density at radius 3 is 2.37 bits per heavy atom. The number of carbonyl (C=O) groups is 1. The van der Waals surface area contributed by atoms with Crippen LogP contribution in [0.3, 0.4) is 0 Å². The van der Waals surface area contributed by atoms with Gasteiger partial charge in [-0.05, 0) is 61.5 Å². The van der Waals surface area contributed by atoms with Gasteiger partial charge in [-0.25, -0.2) is 8.42 Å². The average Bonchev–Trinajstić information content (AvgIpc) is 3.19. The van der Waals surface area contributed by atoms with Crippen LogP contribution in [0.1, 0.15) is 6.92 Å². The topological polar surface area (TPSA) is 116 Å². The largest absolute Gasteiger partial charge is 0.494 e. The fraction of sp³-hybridized carbons (Fsp3) is 0.231. The minimum absolute atomic E-state index is 0.0766. The number of anilines is 2. The maximum Gasteiger partial charge on any atom is 0.307 e. The zero-order valence-electron chi connectivity index (χ0n) is 21.3. The van der Waals surface area contributed by atoms with Gasteiger partial charge in [0.1, 0.15) is 12.3 Å². The fourth-order valence-electron chi connectivity index (χ4n) is 3.84. The summed E-state index contributed by atoms with van der Waals surface area (Å²) in [6, 6.07) is 15.7. The van der Waals surface area contributed by atoms with Crippen LogP contribution in [-0.2, 0) is 21.9 Å². The van der Waals surface area contributed by atoms with Crippen molar-refractivity contribution in [3.63, 3.8) is 0 Å². The van der Waals surface area contributed by atoms with Gasteiger partial charge in [-0.3, -0.25) is 13.9 Å². The van der Waals surface area contributed by atoms with E-state index in [1.165, 1.54) is 37.0 Å². The van der Waals surface area contributed by atoms with E-state index in [1.807, 2.05) is 6.92 Å². The number of hydrogen-bond acceptors (Lipinski definition) is 8. The van der Waals surface area contributed by atoms with Crippen molar-refractivity contribution in [3.8, 4) is 17.2 Å². The predicted octanol–water partition coefficient (Wildman–Crippen LogP) is 3.85. The smallest absolute Gasteiger partial charge is 0.307 e. The molecule has 0 aliphatic carbocycles. The minimum Gasteiger partial charge on any atom is -0.494 e. The van der Waals surface area contributed by atoms with E-state index in [1.54, 1.807) is 49.5 Å². The molecule has 0 aliphatic rings. The number of nitrogens with zero attached hydrogens (tertiary/aromatic N) is 2. The average molecular weight is 558 g/mol. The van der Waals surface area contributed by atoms with Gasteiger partial charge in [0.25, 0.3) is 10.0 Å². The highest BCUT2D eigenvalue weighted by Gasteiger charge is 2.28. The lowest BCUT2D eigenvalue weighted by Crippen LogP contribution is -2.38. The second kappa shape index (κ2) is 11.2.